The lowest BCUT2D eigenvalue weighted by Gasteiger charge is -2.41. The minimum absolute atomic E-state index is 0.00919. The number of nitriles is 2. The van der Waals surface area contributed by atoms with Gasteiger partial charge in [0, 0.05) is 107 Å². The number of urea groups is 2. The van der Waals surface area contributed by atoms with E-state index in [-0.39, 0.29) is 69.8 Å². The molecule has 94 heavy (non-hydrogen) atoms. The third-order valence-corrected chi connectivity index (χ3v) is 22.8. The maximum absolute atomic E-state index is 13.7. The number of carbonyl (C=O) groups is 2. The van der Waals surface area contributed by atoms with Crippen LogP contribution in [0.3, 0.4) is 0 Å². The van der Waals surface area contributed by atoms with Crippen LogP contribution in [0, 0.1) is 40.4 Å². The summed E-state index contributed by atoms with van der Waals surface area (Å²) in [4.78, 5) is 34.4. The quantitative estimate of drug-likeness (QED) is 0.0297. The number of piperazine rings is 1. The van der Waals surface area contributed by atoms with Crippen LogP contribution in [0.4, 0.5) is 9.59 Å². The number of nitrogens with one attached hydrogen (secondary N) is 6. The van der Waals surface area contributed by atoms with Crippen molar-refractivity contribution in [1.29, 1.82) is 10.5 Å². The highest BCUT2D eigenvalue weighted by Crippen LogP contribution is 2.44. The Hall–Kier alpha value is -5.84. The van der Waals surface area contributed by atoms with Gasteiger partial charge in [0.15, 0.2) is 9.84 Å². The second kappa shape index (κ2) is 32.9. The number of piperidine rings is 1. The molecule has 6 N–H and O–H groups in total. The second-order valence-corrected chi connectivity index (χ2v) is 31.2. The summed E-state index contributed by atoms with van der Waals surface area (Å²) in [6.07, 6.45) is 4.52. The Morgan fingerprint density at radius 1 is 0.596 bits per heavy atom. The molecule has 0 spiro atoms. The topological polar surface area (TPSA) is 272 Å². The van der Waals surface area contributed by atoms with E-state index in [0.717, 1.165) is 61.4 Å². The molecule has 0 unspecified atom stereocenters. The van der Waals surface area contributed by atoms with Crippen molar-refractivity contribution >= 4 is 55.1 Å². The molecular formula is C68H92Cl2N12O10S2. The van der Waals surface area contributed by atoms with Gasteiger partial charge in [-0.15, -0.1) is 0 Å². The average molecular weight is 1370 g/mol. The van der Waals surface area contributed by atoms with Gasteiger partial charge in [-0.1, -0.05) is 37.0 Å². The highest BCUT2D eigenvalue weighted by molar-refractivity contribution is 7.91. The zero-order valence-corrected chi connectivity index (χ0v) is 57.6. The SMILES string of the molecule is C[C@@H]1C[C@H](C)CN([C@H]2Cc3c(C#N)cc(Cl)cc3[C@@H]2Oc2ccc(S(=O)(=O)C[C@H]3CCN(CCOCCNC(=O)NCCCCNC(=O)NCCOCCN4CC[C@H](NS(=O)(=O)c5ccc(O[C@H]6c7cc(Cl)cc(C#N)c7C[C@@H]6N6C[C@@H](C)N[C@@H](C)C6)cc5)C4)C3)cc2)C1. The normalized spacial score (nSPS) is 25.1. The Morgan fingerprint density at radius 2 is 1.06 bits per heavy atom. The fourth-order valence-electron chi connectivity index (χ4n) is 14.7. The number of nitrogens with zero attached hydrogens (tertiary/aromatic N) is 6. The number of hydrogen-bond acceptors (Lipinski definition) is 17. The van der Waals surface area contributed by atoms with E-state index in [1.54, 1.807) is 60.7 Å². The summed E-state index contributed by atoms with van der Waals surface area (Å²) in [5, 5.41) is 35.7. The molecule has 4 fully saturated rings. The van der Waals surface area contributed by atoms with Crippen molar-refractivity contribution in [1.82, 2.24) is 50.9 Å². The van der Waals surface area contributed by atoms with Crippen molar-refractivity contribution in [2.75, 3.05) is 124 Å². The molecule has 4 amide bonds. The van der Waals surface area contributed by atoms with Gasteiger partial charge in [0.25, 0.3) is 0 Å². The first-order valence-electron chi connectivity index (χ1n) is 33.3. The molecule has 4 aliphatic heterocycles. The first-order valence-corrected chi connectivity index (χ1v) is 37.2. The predicted octanol–water partition coefficient (Wildman–Crippen LogP) is 7.05. The first-order chi connectivity index (χ1) is 45.2. The number of hydrogen-bond donors (Lipinski definition) is 6. The maximum Gasteiger partial charge on any atom is 0.314 e. The lowest BCUT2D eigenvalue weighted by molar-refractivity contribution is 0.0335. The van der Waals surface area contributed by atoms with Crippen molar-refractivity contribution in [2.24, 2.45) is 17.8 Å². The minimum Gasteiger partial charge on any atom is -0.484 e. The molecule has 4 heterocycles. The van der Waals surface area contributed by atoms with Crippen LogP contribution in [0.15, 0.2) is 82.6 Å². The van der Waals surface area contributed by atoms with Crippen LogP contribution in [0.2, 0.25) is 10.0 Å². The fraction of sp³-hybridized carbons (Fsp3) is 0.588. The van der Waals surface area contributed by atoms with Crippen molar-refractivity contribution in [2.45, 2.75) is 125 Å². The Kier molecular flexibility index (Phi) is 24.9. The van der Waals surface area contributed by atoms with Crippen molar-refractivity contribution < 1.29 is 45.4 Å². The number of benzene rings is 4. The molecule has 4 aromatic carbocycles. The van der Waals surface area contributed by atoms with Gasteiger partial charge in [0.1, 0.15) is 23.7 Å². The van der Waals surface area contributed by atoms with Crippen LogP contribution in [-0.4, -0.2) is 203 Å². The van der Waals surface area contributed by atoms with E-state index < -0.39 is 26.0 Å². The van der Waals surface area contributed by atoms with Crippen LogP contribution in [0.5, 0.6) is 11.5 Å². The zero-order valence-electron chi connectivity index (χ0n) is 54.4. The summed E-state index contributed by atoms with van der Waals surface area (Å²) in [6.45, 7) is 19.5. The number of fused-ring (bicyclic) bond motifs is 2. The molecule has 22 nitrogen and oxygen atoms in total. The molecule has 0 bridgehead atoms. The van der Waals surface area contributed by atoms with Gasteiger partial charge in [-0.25, -0.2) is 31.1 Å². The number of ether oxygens (including phenoxy) is 4. The van der Waals surface area contributed by atoms with Crippen LogP contribution < -0.4 is 40.8 Å². The van der Waals surface area contributed by atoms with Gasteiger partial charge in [-0.3, -0.25) is 14.7 Å². The van der Waals surface area contributed by atoms with Crippen LogP contribution in [0.1, 0.15) is 105 Å². The number of unbranched alkanes of at least 4 members (excludes halogenated alkanes) is 1. The third-order valence-electron chi connectivity index (χ3n) is 18.9. The summed E-state index contributed by atoms with van der Waals surface area (Å²) in [5.74, 6) is 2.22. The van der Waals surface area contributed by atoms with Gasteiger partial charge < -0.3 is 50.4 Å². The van der Waals surface area contributed by atoms with Gasteiger partial charge in [-0.05, 0) is 185 Å². The smallest absolute Gasteiger partial charge is 0.314 e. The lowest BCUT2D eigenvalue weighted by atomic mass is 9.90. The molecule has 2 aliphatic carbocycles. The summed E-state index contributed by atoms with van der Waals surface area (Å²) >= 11 is 13.0. The standard InChI is InChI=1S/C68H92Cl2N12O10S2/c1-45-29-46(2)39-81(38-45)63-34-59-50(36-71)30-52(69)32-61(59)65(63)91-55-7-11-57(12-8-55)93(85,86)44-49-15-21-79(42-49)23-27-89-25-19-75-67(83)73-17-5-6-18-74-68(84)76-20-26-90-28-24-80-22-16-54(43-80)78-94(87,88)58-13-9-56(10-14-58)92-66-62-33-53(70)31-51(37-72)60(62)35-64(66)82-40-47(3)77-48(4)41-82/h7-14,30-33,45-49,54,63-66,77-78H,5-6,15-29,34-35,38-44H2,1-4H3,(H2,73,75,83)(H2,74,76,84)/t45-,46+,47-,48+,49-,54-,63-,64-,65-,66-/m0/s1. The van der Waals surface area contributed by atoms with Crippen LogP contribution in [0.25, 0.3) is 0 Å². The Balaban J connectivity index is 0.529. The molecule has 6 aliphatic rings. The summed E-state index contributed by atoms with van der Waals surface area (Å²) in [6, 6.07) is 24.8. The van der Waals surface area contributed by atoms with Gasteiger partial charge in [-0.2, -0.15) is 10.5 Å². The molecular weight excluding hydrogens is 1280 g/mol. The highest BCUT2D eigenvalue weighted by atomic mass is 35.5. The minimum atomic E-state index is -3.82. The number of halogens is 2. The van der Waals surface area contributed by atoms with Gasteiger partial charge in [0.2, 0.25) is 10.0 Å². The van der Waals surface area contributed by atoms with E-state index in [1.807, 2.05) is 12.1 Å². The molecule has 0 radical (unpaired) electrons. The number of sulfone groups is 1. The summed E-state index contributed by atoms with van der Waals surface area (Å²) in [5.41, 5.74) is 4.83. The molecule has 4 saturated heterocycles. The predicted molar refractivity (Wildman–Crippen MR) is 361 cm³/mol. The number of sulfonamides is 1. The van der Waals surface area contributed by atoms with E-state index in [4.69, 9.17) is 42.1 Å². The molecule has 0 aromatic heterocycles. The first kappa shape index (κ1) is 70.9. The fourth-order valence-corrected chi connectivity index (χ4v) is 18.1. The van der Waals surface area contributed by atoms with E-state index in [0.29, 0.717) is 162 Å². The van der Waals surface area contributed by atoms with Gasteiger partial charge in [0.05, 0.1) is 77.3 Å². The third kappa shape index (κ3) is 19.0. The van der Waals surface area contributed by atoms with Crippen molar-refractivity contribution in [3.8, 4) is 23.6 Å². The highest BCUT2D eigenvalue weighted by Gasteiger charge is 2.44. The summed E-state index contributed by atoms with van der Waals surface area (Å²) < 4.78 is 82.2. The van der Waals surface area contributed by atoms with Crippen LogP contribution in [-0.2, 0) is 42.2 Å². The van der Waals surface area contributed by atoms with E-state index in [1.165, 1.54) is 6.42 Å². The number of carbonyl (C=O) groups excluding carboxylic acids is 2. The monoisotopic (exact) mass is 1370 g/mol. The van der Waals surface area contributed by atoms with E-state index in [9.17, 15) is 36.9 Å². The Labute approximate surface area is 565 Å². The molecule has 10 atom stereocenters. The molecule has 510 valence electrons. The largest absolute Gasteiger partial charge is 0.484 e. The Bertz CT molecular complexity index is 3310. The summed E-state index contributed by atoms with van der Waals surface area (Å²) in [7, 11) is -7.38. The van der Waals surface area contributed by atoms with E-state index >= 15 is 0 Å². The van der Waals surface area contributed by atoms with E-state index in [2.05, 4.69) is 90.7 Å². The maximum atomic E-state index is 13.7. The molecule has 4 aromatic rings. The lowest BCUT2D eigenvalue weighted by Crippen LogP contribution is -2.58. The number of amides is 4. The molecule has 0 saturated carbocycles. The number of rotatable bonds is 29. The number of likely N-dealkylation sites (tertiary alicyclic amines) is 3. The van der Waals surface area contributed by atoms with Crippen LogP contribution >= 0.6 is 23.2 Å². The van der Waals surface area contributed by atoms with Crippen molar-refractivity contribution in [3.05, 3.63) is 116 Å². The average Bonchev–Trinajstić information content (AvgIpc) is 1.62. The second-order valence-electron chi connectivity index (χ2n) is 26.6. The van der Waals surface area contributed by atoms with Gasteiger partial charge >= 0.3 is 12.1 Å². The molecule has 26 heteroatoms. The molecule has 10 rings (SSSR count). The zero-order chi connectivity index (χ0) is 66.5. The Morgan fingerprint density at radius 3 is 1.57 bits per heavy atom. The van der Waals surface area contributed by atoms with Crippen molar-refractivity contribution in [3.63, 3.8) is 0 Å².